The summed E-state index contributed by atoms with van der Waals surface area (Å²) in [5.41, 5.74) is 0. The maximum atomic E-state index is 3.97. The number of allylic oxidation sites excluding steroid dienone is 4. The van der Waals surface area contributed by atoms with Gasteiger partial charge < -0.3 is 16.0 Å². The Morgan fingerprint density at radius 1 is 0.762 bits per heavy atom. The molecule has 1 saturated carbocycles. The van der Waals surface area contributed by atoms with Gasteiger partial charge in [0.2, 0.25) is 0 Å². The van der Waals surface area contributed by atoms with Gasteiger partial charge in [0.15, 0.2) is 0 Å². The summed E-state index contributed by atoms with van der Waals surface area (Å²) in [6.45, 7) is 6.03. The van der Waals surface area contributed by atoms with Gasteiger partial charge in [-0.05, 0) is 19.3 Å². The molecule has 0 spiro atoms. The Labute approximate surface area is 148 Å². The number of hydrogen-bond acceptors (Lipinski definition) is 0. The van der Waals surface area contributed by atoms with Gasteiger partial charge in [-0.15, -0.1) is 0 Å². The van der Waals surface area contributed by atoms with E-state index in [-0.39, 0.29) is 21.7 Å². The van der Waals surface area contributed by atoms with Crippen LogP contribution in [0.2, 0.25) is 0 Å². The minimum Gasteiger partial charge on any atom is -0.668 e. The van der Waals surface area contributed by atoms with Gasteiger partial charge in [0, 0.05) is 11.8 Å². The molecule has 1 fully saturated rings. The van der Waals surface area contributed by atoms with E-state index in [1.807, 2.05) is 13.8 Å². The van der Waals surface area contributed by atoms with Crippen LogP contribution in [-0.2, 0) is 21.7 Å². The minimum absolute atomic E-state index is 0. The van der Waals surface area contributed by atoms with E-state index in [1.54, 1.807) is 28.2 Å². The summed E-state index contributed by atoms with van der Waals surface area (Å²) in [5.74, 6) is 2.66. The van der Waals surface area contributed by atoms with E-state index in [9.17, 15) is 0 Å². The van der Waals surface area contributed by atoms with E-state index in [0.29, 0.717) is 0 Å². The summed E-state index contributed by atoms with van der Waals surface area (Å²) in [6.07, 6.45) is 14.7. The first-order chi connectivity index (χ1) is 9.71. The molecule has 115 valence electrons. The number of rotatable bonds is 2. The van der Waals surface area contributed by atoms with Gasteiger partial charge in [-0.25, -0.2) is 0 Å². The van der Waals surface area contributed by atoms with Crippen molar-refractivity contribution in [3.63, 3.8) is 0 Å². The molecule has 0 aromatic carbocycles. The van der Waals surface area contributed by atoms with Gasteiger partial charge in [-0.3, -0.25) is 0 Å². The third-order valence-electron chi connectivity index (χ3n) is 1.99. The zero-order valence-electron chi connectivity index (χ0n) is 14.3. The maximum Gasteiger partial charge on any atom is 4.00 e. The summed E-state index contributed by atoms with van der Waals surface area (Å²) in [6, 6.07) is 0. The van der Waals surface area contributed by atoms with E-state index >= 15 is 0 Å². The molecule has 3 nitrogen and oxygen atoms in total. The van der Waals surface area contributed by atoms with Crippen molar-refractivity contribution < 1.29 is 21.7 Å². The van der Waals surface area contributed by atoms with Crippen molar-refractivity contribution >= 4 is 0 Å². The molecule has 4 heteroatoms. The zero-order valence-corrected chi connectivity index (χ0v) is 15.9. The number of nitrogens with zero attached hydrogens (tertiary/aromatic N) is 3. The molecule has 0 N–H and O–H groups in total. The Balaban J connectivity index is -0.000000235. The fourth-order valence-electron chi connectivity index (χ4n) is 1.29. The molecule has 2 aliphatic rings. The van der Waals surface area contributed by atoms with E-state index in [0.717, 1.165) is 13.1 Å². The summed E-state index contributed by atoms with van der Waals surface area (Å²) >= 11 is 0. The van der Waals surface area contributed by atoms with Crippen LogP contribution in [0.15, 0.2) is 24.3 Å². The minimum atomic E-state index is 0. The fraction of sp³-hybridized carbons (Fsp3) is 0.471. The van der Waals surface area contributed by atoms with Crippen LogP contribution in [0.25, 0.3) is 16.0 Å². The van der Waals surface area contributed by atoms with E-state index in [2.05, 4.69) is 59.5 Å². The molecule has 0 atom stereocenters. The Morgan fingerprint density at radius 2 is 1.10 bits per heavy atom. The van der Waals surface area contributed by atoms with E-state index in [1.165, 1.54) is 11.8 Å². The third-order valence-corrected chi connectivity index (χ3v) is 1.99. The molecule has 0 amide bonds. The predicted octanol–water partition coefficient (Wildman–Crippen LogP) is 4.52. The topological polar surface area (TPSA) is 42.3 Å². The monoisotopic (exact) mass is 323 g/mol. The van der Waals surface area contributed by atoms with E-state index in [4.69, 9.17) is 0 Å². The Kier molecular flexibility index (Phi) is 27.7. The summed E-state index contributed by atoms with van der Waals surface area (Å²) in [5, 5.41) is 11.0. The fourth-order valence-corrected chi connectivity index (χ4v) is 1.29. The van der Waals surface area contributed by atoms with Gasteiger partial charge in [0.05, 0.1) is 0 Å². The first kappa shape index (κ1) is 26.0. The molecule has 0 saturated heterocycles. The predicted molar refractivity (Wildman–Crippen MR) is 92.5 cm³/mol. The van der Waals surface area contributed by atoms with Gasteiger partial charge in [0.25, 0.3) is 0 Å². The average Bonchev–Trinajstić information content (AvgIpc) is 2.90. The van der Waals surface area contributed by atoms with Crippen LogP contribution in [0.5, 0.6) is 0 Å². The first-order valence-electron chi connectivity index (χ1n) is 6.91. The van der Waals surface area contributed by atoms with Crippen molar-refractivity contribution in [2.45, 2.75) is 13.8 Å². The molecule has 0 heterocycles. The molecule has 0 aromatic heterocycles. The molecular weight excluding hydrogens is 294 g/mol. The van der Waals surface area contributed by atoms with Crippen molar-refractivity contribution in [1.82, 2.24) is 0 Å². The molecule has 0 aliphatic heterocycles. The quantitative estimate of drug-likeness (QED) is 0.670. The molecule has 2 aliphatic carbocycles. The average molecular weight is 323 g/mol. The van der Waals surface area contributed by atoms with Crippen LogP contribution in [0.4, 0.5) is 0 Å². The second-order valence-corrected chi connectivity index (χ2v) is 3.91. The molecule has 0 unspecified atom stereocenters. The summed E-state index contributed by atoms with van der Waals surface area (Å²) in [7, 11) is 7.00. The van der Waals surface area contributed by atoms with Gasteiger partial charge in [0.1, 0.15) is 0 Å². The normalized spacial score (nSPS) is 15.3. The molecule has 0 bridgehead atoms. The smallest absolute Gasteiger partial charge is 0.668 e. The third kappa shape index (κ3) is 18.0. The molecule has 5 radical (unpaired) electrons. The van der Waals surface area contributed by atoms with E-state index < -0.39 is 0 Å². The summed E-state index contributed by atoms with van der Waals surface area (Å²) < 4.78 is 0. The molecule has 21 heavy (non-hydrogen) atoms. The standard InChI is InChI=1S/C9H7.C4H10N.2C2H6N.Ti/c1-2-5-9-7-3-6-8(9)4-1;1-3-5-4-2;2*1-3-2;/h1-7H;3-4H2,1-2H3;2*1-2H3;/q;3*-1;+4. The maximum absolute atomic E-state index is 3.97. The van der Waals surface area contributed by atoms with Gasteiger partial charge >= 0.3 is 21.7 Å². The van der Waals surface area contributed by atoms with Crippen molar-refractivity contribution in [3.05, 3.63) is 71.4 Å². The number of fused-ring (bicyclic) bond motifs is 1. The van der Waals surface area contributed by atoms with Crippen LogP contribution < -0.4 is 0 Å². The van der Waals surface area contributed by atoms with Crippen molar-refractivity contribution in [2.75, 3.05) is 41.3 Å². The Bertz CT molecular complexity index is 208. The van der Waals surface area contributed by atoms with Crippen molar-refractivity contribution in [2.24, 2.45) is 0 Å². The van der Waals surface area contributed by atoms with Crippen LogP contribution in [0.3, 0.4) is 0 Å². The summed E-state index contributed by atoms with van der Waals surface area (Å²) in [4.78, 5) is 0. The van der Waals surface area contributed by atoms with Crippen LogP contribution in [0, 0.1) is 31.1 Å². The Morgan fingerprint density at radius 3 is 1.33 bits per heavy atom. The second-order valence-electron chi connectivity index (χ2n) is 3.91. The van der Waals surface area contributed by atoms with Gasteiger partial charge in [-0.1, -0.05) is 38.2 Å². The zero-order chi connectivity index (χ0) is 15.6. The largest absolute Gasteiger partial charge is 4.00 e. The molecular formula is C17H29N3Ti+. The van der Waals surface area contributed by atoms with Crippen LogP contribution in [0.1, 0.15) is 13.8 Å². The van der Waals surface area contributed by atoms with Crippen molar-refractivity contribution in [3.8, 4) is 0 Å². The number of hydrogen-bond donors (Lipinski definition) is 0. The first-order valence-corrected chi connectivity index (χ1v) is 6.91. The molecule has 2 rings (SSSR count). The SMILES string of the molecule is CC[N-]CC.C[N-]C.C[N-]C.[CH]1[CH][C]2C=CC=C[C]2[CH]1.[Ti+4]. The molecule has 0 aromatic rings. The van der Waals surface area contributed by atoms with Gasteiger partial charge in [-0.2, -0.15) is 41.3 Å². The Hall–Kier alpha value is 0.0743. The van der Waals surface area contributed by atoms with Crippen molar-refractivity contribution in [1.29, 1.82) is 0 Å². The second kappa shape index (κ2) is 22.4. The van der Waals surface area contributed by atoms with Crippen LogP contribution in [-0.4, -0.2) is 41.3 Å². The van der Waals surface area contributed by atoms with Crippen LogP contribution >= 0.6 is 0 Å².